The Labute approximate surface area is 109 Å². The van der Waals surface area contributed by atoms with Gasteiger partial charge in [0.1, 0.15) is 0 Å². The Morgan fingerprint density at radius 1 is 1.39 bits per heavy atom. The van der Waals surface area contributed by atoms with Crippen molar-refractivity contribution in [1.29, 1.82) is 0 Å². The predicted molar refractivity (Wildman–Crippen MR) is 74.8 cm³/mol. The third kappa shape index (κ3) is 4.75. The van der Waals surface area contributed by atoms with Crippen molar-refractivity contribution in [3.63, 3.8) is 0 Å². The third-order valence-corrected chi connectivity index (χ3v) is 2.93. The van der Waals surface area contributed by atoms with Crippen molar-refractivity contribution >= 4 is 5.84 Å². The molecule has 1 aromatic rings. The summed E-state index contributed by atoms with van der Waals surface area (Å²) in [6.45, 7) is 4.19. The van der Waals surface area contributed by atoms with Crippen LogP contribution in [-0.2, 0) is 6.54 Å². The molecule has 4 nitrogen and oxygen atoms in total. The molecular weight excluding hydrogens is 226 g/mol. The maximum Gasteiger partial charge on any atom is 0.170 e. The SMILES string of the molecule is CCCCCN(C)Cc1cccc(/C(N)=N/O)c1. The van der Waals surface area contributed by atoms with Crippen molar-refractivity contribution < 1.29 is 5.21 Å². The van der Waals surface area contributed by atoms with Gasteiger partial charge in [-0.25, -0.2) is 0 Å². The van der Waals surface area contributed by atoms with Crippen LogP contribution in [-0.4, -0.2) is 29.5 Å². The zero-order valence-corrected chi connectivity index (χ0v) is 11.3. The van der Waals surface area contributed by atoms with Crippen LogP contribution in [0.25, 0.3) is 0 Å². The van der Waals surface area contributed by atoms with Gasteiger partial charge in [0.2, 0.25) is 0 Å². The van der Waals surface area contributed by atoms with Gasteiger partial charge in [0, 0.05) is 12.1 Å². The van der Waals surface area contributed by atoms with Gasteiger partial charge in [0.15, 0.2) is 5.84 Å². The largest absolute Gasteiger partial charge is 0.409 e. The molecule has 0 unspecified atom stereocenters. The molecule has 0 heterocycles. The number of hydrogen-bond donors (Lipinski definition) is 2. The van der Waals surface area contributed by atoms with Crippen LogP contribution in [0, 0.1) is 0 Å². The molecule has 0 bridgehead atoms. The first-order valence-electron chi connectivity index (χ1n) is 6.42. The van der Waals surface area contributed by atoms with E-state index in [-0.39, 0.29) is 5.84 Å². The molecule has 0 aromatic heterocycles. The quantitative estimate of drug-likeness (QED) is 0.256. The van der Waals surface area contributed by atoms with Crippen LogP contribution >= 0.6 is 0 Å². The van der Waals surface area contributed by atoms with Gasteiger partial charge < -0.3 is 15.8 Å². The standard InChI is InChI=1S/C14H23N3O/c1-3-4-5-9-17(2)11-12-7-6-8-13(10-12)14(15)16-18/h6-8,10,18H,3-5,9,11H2,1-2H3,(H2,15,16). The second-order valence-electron chi connectivity index (χ2n) is 4.63. The lowest BCUT2D eigenvalue weighted by atomic mass is 10.1. The number of amidine groups is 1. The van der Waals surface area contributed by atoms with E-state index in [2.05, 4.69) is 30.1 Å². The molecular formula is C14H23N3O. The van der Waals surface area contributed by atoms with Gasteiger partial charge in [-0.2, -0.15) is 0 Å². The van der Waals surface area contributed by atoms with E-state index in [4.69, 9.17) is 10.9 Å². The number of nitrogens with two attached hydrogens (primary N) is 1. The lowest BCUT2D eigenvalue weighted by Crippen LogP contribution is -2.20. The van der Waals surface area contributed by atoms with Gasteiger partial charge >= 0.3 is 0 Å². The summed E-state index contributed by atoms with van der Waals surface area (Å²) in [7, 11) is 2.12. The number of oxime groups is 1. The van der Waals surface area contributed by atoms with Crippen LogP contribution < -0.4 is 5.73 Å². The Morgan fingerprint density at radius 2 is 2.17 bits per heavy atom. The first-order chi connectivity index (χ1) is 8.67. The van der Waals surface area contributed by atoms with Crippen molar-refractivity contribution in [2.75, 3.05) is 13.6 Å². The molecule has 4 heteroatoms. The second-order valence-corrected chi connectivity index (χ2v) is 4.63. The molecule has 0 fully saturated rings. The summed E-state index contributed by atoms with van der Waals surface area (Å²) in [5.74, 6) is 0.158. The van der Waals surface area contributed by atoms with E-state index in [9.17, 15) is 0 Å². The summed E-state index contributed by atoms with van der Waals surface area (Å²) in [4.78, 5) is 2.29. The molecule has 0 amide bonds. The van der Waals surface area contributed by atoms with Gasteiger partial charge in [-0.3, -0.25) is 0 Å². The van der Waals surface area contributed by atoms with Crippen molar-refractivity contribution in [1.82, 2.24) is 4.90 Å². The van der Waals surface area contributed by atoms with E-state index < -0.39 is 0 Å². The van der Waals surface area contributed by atoms with Crippen molar-refractivity contribution in [3.05, 3.63) is 35.4 Å². The van der Waals surface area contributed by atoms with E-state index in [1.807, 2.05) is 18.2 Å². The second kappa shape index (κ2) is 7.71. The predicted octanol–water partition coefficient (Wildman–Crippen LogP) is 2.40. The molecule has 0 aliphatic rings. The highest BCUT2D eigenvalue weighted by atomic mass is 16.4. The van der Waals surface area contributed by atoms with E-state index in [1.54, 1.807) is 0 Å². The summed E-state index contributed by atoms with van der Waals surface area (Å²) in [5.41, 5.74) is 7.52. The fraction of sp³-hybridized carbons (Fsp3) is 0.500. The fourth-order valence-electron chi connectivity index (χ4n) is 1.91. The molecule has 0 aliphatic heterocycles. The van der Waals surface area contributed by atoms with Gasteiger partial charge in [-0.05, 0) is 31.6 Å². The Morgan fingerprint density at radius 3 is 2.83 bits per heavy atom. The number of hydrogen-bond acceptors (Lipinski definition) is 3. The number of benzene rings is 1. The minimum absolute atomic E-state index is 0.158. The van der Waals surface area contributed by atoms with Gasteiger partial charge in [0.05, 0.1) is 0 Å². The van der Waals surface area contributed by atoms with E-state index in [0.717, 1.165) is 18.7 Å². The molecule has 1 aromatic carbocycles. The molecule has 0 spiro atoms. The van der Waals surface area contributed by atoms with Crippen molar-refractivity contribution in [2.45, 2.75) is 32.7 Å². The minimum atomic E-state index is 0.158. The first kappa shape index (κ1) is 14.5. The lowest BCUT2D eigenvalue weighted by Gasteiger charge is -2.16. The Balaban J connectivity index is 2.56. The zero-order chi connectivity index (χ0) is 13.4. The maximum atomic E-state index is 8.66. The zero-order valence-electron chi connectivity index (χ0n) is 11.3. The summed E-state index contributed by atoms with van der Waals surface area (Å²) < 4.78 is 0. The summed E-state index contributed by atoms with van der Waals surface area (Å²) >= 11 is 0. The smallest absolute Gasteiger partial charge is 0.170 e. The van der Waals surface area contributed by atoms with Gasteiger partial charge in [-0.15, -0.1) is 0 Å². The average Bonchev–Trinajstić information content (AvgIpc) is 2.38. The van der Waals surface area contributed by atoms with Crippen LogP contribution in [0.3, 0.4) is 0 Å². The Kier molecular flexibility index (Phi) is 6.22. The van der Waals surface area contributed by atoms with Crippen LogP contribution in [0.1, 0.15) is 37.3 Å². The average molecular weight is 249 g/mol. The fourth-order valence-corrected chi connectivity index (χ4v) is 1.91. The van der Waals surface area contributed by atoms with Crippen LogP contribution in [0.4, 0.5) is 0 Å². The van der Waals surface area contributed by atoms with Gasteiger partial charge in [-0.1, -0.05) is 43.1 Å². The highest BCUT2D eigenvalue weighted by molar-refractivity contribution is 5.97. The molecule has 0 saturated carbocycles. The number of nitrogens with zero attached hydrogens (tertiary/aromatic N) is 2. The lowest BCUT2D eigenvalue weighted by molar-refractivity contribution is 0.317. The maximum absolute atomic E-state index is 8.66. The highest BCUT2D eigenvalue weighted by Crippen LogP contribution is 2.08. The molecule has 1 rings (SSSR count). The van der Waals surface area contributed by atoms with Crippen LogP contribution in [0.15, 0.2) is 29.4 Å². The highest BCUT2D eigenvalue weighted by Gasteiger charge is 2.03. The molecule has 0 saturated heterocycles. The normalized spacial score (nSPS) is 12.1. The number of unbranched alkanes of at least 4 members (excludes halogenated alkanes) is 2. The molecule has 100 valence electrons. The molecule has 3 N–H and O–H groups in total. The molecule has 18 heavy (non-hydrogen) atoms. The van der Waals surface area contributed by atoms with Crippen molar-refractivity contribution in [2.24, 2.45) is 10.9 Å². The monoisotopic (exact) mass is 249 g/mol. The van der Waals surface area contributed by atoms with Crippen LogP contribution in [0.5, 0.6) is 0 Å². The first-order valence-corrected chi connectivity index (χ1v) is 6.42. The van der Waals surface area contributed by atoms with Crippen LogP contribution in [0.2, 0.25) is 0 Å². The summed E-state index contributed by atoms with van der Waals surface area (Å²) in [6, 6.07) is 7.80. The van der Waals surface area contributed by atoms with Gasteiger partial charge in [0.25, 0.3) is 0 Å². The minimum Gasteiger partial charge on any atom is -0.409 e. The molecule has 0 aliphatic carbocycles. The van der Waals surface area contributed by atoms with E-state index in [1.165, 1.54) is 24.8 Å². The van der Waals surface area contributed by atoms with E-state index >= 15 is 0 Å². The number of rotatable bonds is 7. The topological polar surface area (TPSA) is 61.8 Å². The Hall–Kier alpha value is -1.55. The van der Waals surface area contributed by atoms with Crippen molar-refractivity contribution in [3.8, 4) is 0 Å². The molecule has 0 radical (unpaired) electrons. The Bertz CT molecular complexity index is 390. The molecule has 0 atom stereocenters. The summed E-state index contributed by atoms with van der Waals surface area (Å²) in [5, 5.41) is 11.7. The van der Waals surface area contributed by atoms with E-state index in [0.29, 0.717) is 0 Å². The summed E-state index contributed by atoms with van der Waals surface area (Å²) in [6.07, 6.45) is 3.74. The third-order valence-electron chi connectivity index (χ3n) is 2.93.